The number of nitrogens with one attached hydrogen (secondary N) is 3. The van der Waals surface area contributed by atoms with E-state index in [4.69, 9.17) is 0 Å². The number of anilines is 2. The third-order valence-electron chi connectivity index (χ3n) is 4.55. The number of aromatic nitrogens is 2. The van der Waals surface area contributed by atoms with Crippen molar-refractivity contribution in [2.24, 2.45) is 0 Å². The monoisotopic (exact) mass is 468 g/mol. The average molecular weight is 468 g/mol. The molecule has 2 aromatic rings. The SMILES string of the molecule is O=S([O-])Nc1cc(C(F)(F)F)ccc1-c1cc(C(F)(F)F)c(NC2CCCNC2)nn1. The molecule has 0 radical (unpaired) electrons. The first-order chi connectivity index (χ1) is 14.4. The van der Waals surface area contributed by atoms with Crippen molar-refractivity contribution in [1.29, 1.82) is 0 Å². The maximum absolute atomic E-state index is 13.6. The lowest BCUT2D eigenvalue weighted by Crippen LogP contribution is -2.39. The number of benzene rings is 1. The summed E-state index contributed by atoms with van der Waals surface area (Å²) in [7, 11) is 0. The Morgan fingerprint density at radius 1 is 1.10 bits per heavy atom. The predicted octanol–water partition coefficient (Wildman–Crippen LogP) is 3.55. The normalized spacial score (nSPS) is 18.5. The van der Waals surface area contributed by atoms with Crippen LogP contribution in [0.25, 0.3) is 11.3 Å². The van der Waals surface area contributed by atoms with Crippen molar-refractivity contribution in [2.75, 3.05) is 23.1 Å². The highest BCUT2D eigenvalue weighted by Gasteiger charge is 2.37. The van der Waals surface area contributed by atoms with Gasteiger partial charge in [0.2, 0.25) is 0 Å². The molecule has 1 fully saturated rings. The predicted molar refractivity (Wildman–Crippen MR) is 99.5 cm³/mol. The Morgan fingerprint density at radius 3 is 2.42 bits per heavy atom. The Kier molecular flexibility index (Phi) is 6.71. The van der Waals surface area contributed by atoms with Crippen LogP contribution in [0.2, 0.25) is 0 Å². The maximum Gasteiger partial charge on any atom is 0.420 e. The molecule has 0 saturated carbocycles. The summed E-state index contributed by atoms with van der Waals surface area (Å²) in [6, 6.07) is 2.23. The van der Waals surface area contributed by atoms with E-state index in [0.29, 0.717) is 31.2 Å². The van der Waals surface area contributed by atoms with E-state index in [9.17, 15) is 35.1 Å². The van der Waals surface area contributed by atoms with Gasteiger partial charge in [-0.2, -0.15) is 26.3 Å². The summed E-state index contributed by atoms with van der Waals surface area (Å²) in [6.07, 6.45) is -8.24. The van der Waals surface area contributed by atoms with Crippen molar-refractivity contribution in [3.8, 4) is 11.3 Å². The standard InChI is InChI=1S/C17H17F6N5O2S/c18-16(19,20)9-3-4-11(14(6-9)28-31(29)30)13-7-12(17(21,22)23)15(27-26-13)25-10-2-1-5-24-8-10/h3-4,6-7,10,24,28H,1-2,5,8H2,(H,25,27)(H,29,30)/p-1. The zero-order chi connectivity index (χ0) is 22.8. The summed E-state index contributed by atoms with van der Waals surface area (Å²) in [5, 5.41) is 13.0. The van der Waals surface area contributed by atoms with E-state index in [-0.39, 0.29) is 11.6 Å². The molecule has 31 heavy (non-hydrogen) atoms. The van der Waals surface area contributed by atoms with Crippen LogP contribution in [0.1, 0.15) is 24.0 Å². The van der Waals surface area contributed by atoms with Gasteiger partial charge in [-0.15, -0.1) is 10.2 Å². The highest BCUT2D eigenvalue weighted by Crippen LogP contribution is 2.39. The molecular formula is C17H16F6N5O2S-. The molecule has 2 heterocycles. The van der Waals surface area contributed by atoms with Crippen molar-refractivity contribution >= 4 is 22.8 Å². The Morgan fingerprint density at radius 2 is 1.84 bits per heavy atom. The summed E-state index contributed by atoms with van der Waals surface area (Å²) < 4.78 is 104. The summed E-state index contributed by atoms with van der Waals surface area (Å²) in [4.78, 5) is 0. The molecule has 2 unspecified atom stereocenters. The molecule has 1 aliphatic rings. The average Bonchev–Trinajstić information content (AvgIpc) is 2.67. The molecule has 2 atom stereocenters. The van der Waals surface area contributed by atoms with Gasteiger partial charge in [0.05, 0.1) is 16.9 Å². The summed E-state index contributed by atoms with van der Waals surface area (Å²) in [5.74, 6) is -0.515. The molecule has 1 aromatic heterocycles. The molecule has 1 saturated heterocycles. The van der Waals surface area contributed by atoms with Gasteiger partial charge in [0.1, 0.15) is 5.56 Å². The first-order valence-electron chi connectivity index (χ1n) is 8.95. The zero-order valence-corrected chi connectivity index (χ0v) is 16.4. The van der Waals surface area contributed by atoms with Crippen LogP contribution < -0.4 is 15.4 Å². The lowest BCUT2D eigenvalue weighted by atomic mass is 10.0. The Labute approximate surface area is 175 Å². The first-order valence-corrected chi connectivity index (χ1v) is 10.0. The number of rotatable bonds is 5. The lowest BCUT2D eigenvalue weighted by Gasteiger charge is -2.25. The number of hydrogen-bond acceptors (Lipinski definition) is 6. The first kappa shape index (κ1) is 23.2. The molecule has 7 nitrogen and oxygen atoms in total. The minimum Gasteiger partial charge on any atom is -0.755 e. The fourth-order valence-electron chi connectivity index (χ4n) is 3.13. The molecule has 0 amide bonds. The fourth-order valence-corrected chi connectivity index (χ4v) is 3.48. The van der Waals surface area contributed by atoms with Crippen LogP contribution in [0.15, 0.2) is 24.3 Å². The van der Waals surface area contributed by atoms with Gasteiger partial charge < -0.3 is 19.9 Å². The molecule has 0 spiro atoms. The van der Waals surface area contributed by atoms with Crippen LogP contribution in [0.3, 0.4) is 0 Å². The Hall–Kier alpha value is -2.45. The molecule has 14 heteroatoms. The molecule has 170 valence electrons. The van der Waals surface area contributed by atoms with Crippen LogP contribution >= 0.6 is 0 Å². The van der Waals surface area contributed by atoms with Crippen molar-refractivity contribution < 1.29 is 35.1 Å². The third-order valence-corrected chi connectivity index (χ3v) is 4.94. The van der Waals surface area contributed by atoms with E-state index in [0.717, 1.165) is 19.0 Å². The van der Waals surface area contributed by atoms with Crippen LogP contribution in [0.5, 0.6) is 0 Å². The van der Waals surface area contributed by atoms with Crippen LogP contribution in [0.4, 0.5) is 37.8 Å². The van der Waals surface area contributed by atoms with Crippen LogP contribution in [0, 0.1) is 0 Å². The van der Waals surface area contributed by atoms with Gasteiger partial charge in [-0.05, 0) is 37.6 Å². The largest absolute Gasteiger partial charge is 0.755 e. The van der Waals surface area contributed by atoms with Crippen LogP contribution in [-0.4, -0.2) is 38.1 Å². The molecule has 0 bridgehead atoms. The fraction of sp³-hybridized carbons (Fsp3) is 0.412. The number of piperidine rings is 1. The van der Waals surface area contributed by atoms with E-state index in [1.54, 1.807) is 4.72 Å². The summed E-state index contributed by atoms with van der Waals surface area (Å²) in [5.41, 5.74) is -3.67. The van der Waals surface area contributed by atoms with E-state index in [1.807, 2.05) is 0 Å². The second-order valence-corrected chi connectivity index (χ2v) is 7.45. The molecule has 3 N–H and O–H groups in total. The minimum atomic E-state index is -4.84. The van der Waals surface area contributed by atoms with Gasteiger partial charge in [0.25, 0.3) is 0 Å². The van der Waals surface area contributed by atoms with Gasteiger partial charge >= 0.3 is 12.4 Å². The molecule has 1 aliphatic heterocycles. The van der Waals surface area contributed by atoms with E-state index < -0.39 is 51.9 Å². The van der Waals surface area contributed by atoms with E-state index in [1.165, 1.54) is 0 Å². The van der Waals surface area contributed by atoms with Crippen molar-refractivity contribution in [2.45, 2.75) is 31.2 Å². The number of alkyl halides is 6. The highest BCUT2D eigenvalue weighted by molar-refractivity contribution is 7.80. The van der Waals surface area contributed by atoms with Gasteiger partial charge in [0, 0.05) is 29.4 Å². The molecule has 3 rings (SSSR count). The number of hydrogen-bond donors (Lipinski definition) is 3. The Balaban J connectivity index is 2.04. The topological polar surface area (TPSA) is 102 Å². The van der Waals surface area contributed by atoms with E-state index in [2.05, 4.69) is 20.8 Å². The lowest BCUT2D eigenvalue weighted by molar-refractivity contribution is -0.138. The smallest absolute Gasteiger partial charge is 0.420 e. The molecule has 0 aliphatic carbocycles. The quantitative estimate of drug-likeness (QED) is 0.458. The zero-order valence-electron chi connectivity index (χ0n) is 15.6. The highest BCUT2D eigenvalue weighted by atomic mass is 32.2. The van der Waals surface area contributed by atoms with Gasteiger partial charge in [-0.1, -0.05) is 6.07 Å². The second-order valence-electron chi connectivity index (χ2n) is 6.77. The van der Waals surface area contributed by atoms with Gasteiger partial charge in [-0.25, -0.2) is 0 Å². The second kappa shape index (κ2) is 8.96. The number of halogens is 6. The van der Waals surface area contributed by atoms with E-state index >= 15 is 0 Å². The summed E-state index contributed by atoms with van der Waals surface area (Å²) >= 11 is -3.02. The van der Waals surface area contributed by atoms with Gasteiger partial charge in [0.15, 0.2) is 5.82 Å². The minimum absolute atomic E-state index is 0.291. The molecular weight excluding hydrogens is 452 g/mol. The third kappa shape index (κ3) is 5.83. The number of nitrogens with zero attached hydrogens (tertiary/aromatic N) is 2. The van der Waals surface area contributed by atoms with Crippen molar-refractivity contribution in [1.82, 2.24) is 15.5 Å². The van der Waals surface area contributed by atoms with Crippen molar-refractivity contribution in [3.63, 3.8) is 0 Å². The Bertz CT molecular complexity index is 963. The van der Waals surface area contributed by atoms with Crippen LogP contribution in [-0.2, 0) is 23.6 Å². The maximum atomic E-state index is 13.6. The molecule has 1 aromatic carbocycles. The summed E-state index contributed by atoms with van der Waals surface area (Å²) in [6.45, 7) is 1.18. The van der Waals surface area contributed by atoms with Gasteiger partial charge in [-0.3, -0.25) is 4.21 Å². The van der Waals surface area contributed by atoms with Crippen molar-refractivity contribution in [3.05, 3.63) is 35.4 Å².